The Morgan fingerprint density at radius 3 is 2.17 bits per heavy atom. The van der Waals surface area contributed by atoms with Crippen LogP contribution >= 0.6 is 0 Å². The number of ketones is 1. The van der Waals surface area contributed by atoms with Gasteiger partial charge in [-0.15, -0.1) is 0 Å². The van der Waals surface area contributed by atoms with Crippen molar-refractivity contribution in [1.82, 2.24) is 0 Å². The van der Waals surface area contributed by atoms with E-state index in [2.05, 4.69) is 5.32 Å². The van der Waals surface area contributed by atoms with E-state index in [0.717, 1.165) is 5.69 Å². The molecule has 0 aromatic heterocycles. The molecule has 0 radical (unpaired) electrons. The Balaban J connectivity index is 2.65. The molecular weight excluding hydrogens is 230 g/mol. The highest BCUT2D eigenvalue weighted by molar-refractivity contribution is 5.90. The van der Waals surface area contributed by atoms with E-state index in [0.29, 0.717) is 5.56 Å². The number of esters is 1. The van der Waals surface area contributed by atoms with Crippen molar-refractivity contribution in [3.8, 4) is 0 Å². The van der Waals surface area contributed by atoms with Gasteiger partial charge in [-0.25, -0.2) is 4.79 Å². The highest BCUT2D eigenvalue weighted by atomic mass is 16.6. The fourth-order valence-electron chi connectivity index (χ4n) is 1.29. The van der Waals surface area contributed by atoms with E-state index in [1.807, 2.05) is 20.8 Å². The molecule has 0 heterocycles. The van der Waals surface area contributed by atoms with Crippen molar-refractivity contribution in [2.24, 2.45) is 0 Å². The number of carbonyl (C=O) groups is 2. The minimum atomic E-state index is -0.497. The van der Waals surface area contributed by atoms with E-state index >= 15 is 0 Å². The van der Waals surface area contributed by atoms with Crippen LogP contribution < -0.4 is 5.32 Å². The summed E-state index contributed by atoms with van der Waals surface area (Å²) in [7, 11) is 0. The standard InChI is InChI=1S/C14H19NO3/c1-10(16)9-15-12-7-5-11(6-8-12)13(17)18-14(2,3)4/h5-8,15H,9H2,1-4H3. The Morgan fingerprint density at radius 1 is 1.17 bits per heavy atom. The lowest BCUT2D eigenvalue weighted by atomic mass is 10.1. The monoisotopic (exact) mass is 249 g/mol. The second kappa shape index (κ2) is 5.67. The molecule has 0 aliphatic rings. The lowest BCUT2D eigenvalue weighted by Crippen LogP contribution is -2.23. The van der Waals surface area contributed by atoms with Crippen LogP contribution in [-0.4, -0.2) is 23.9 Å². The molecule has 4 nitrogen and oxygen atoms in total. The van der Waals surface area contributed by atoms with Gasteiger partial charge in [0.2, 0.25) is 0 Å². The van der Waals surface area contributed by atoms with Crippen LogP contribution in [0, 0.1) is 0 Å². The SMILES string of the molecule is CC(=O)CNc1ccc(C(=O)OC(C)(C)C)cc1. The highest BCUT2D eigenvalue weighted by Crippen LogP contribution is 2.14. The van der Waals surface area contributed by atoms with Crippen LogP contribution in [0.15, 0.2) is 24.3 Å². The molecule has 18 heavy (non-hydrogen) atoms. The summed E-state index contributed by atoms with van der Waals surface area (Å²) in [5.74, 6) is -0.285. The van der Waals surface area contributed by atoms with Crippen molar-refractivity contribution in [1.29, 1.82) is 0 Å². The van der Waals surface area contributed by atoms with Crippen LogP contribution in [0.1, 0.15) is 38.1 Å². The number of benzene rings is 1. The van der Waals surface area contributed by atoms with Crippen LogP contribution in [0.2, 0.25) is 0 Å². The average molecular weight is 249 g/mol. The molecule has 1 aromatic rings. The zero-order valence-electron chi connectivity index (χ0n) is 11.2. The number of hydrogen-bond acceptors (Lipinski definition) is 4. The predicted molar refractivity (Wildman–Crippen MR) is 70.8 cm³/mol. The molecule has 1 rings (SSSR count). The zero-order valence-corrected chi connectivity index (χ0v) is 11.2. The number of ether oxygens (including phenoxy) is 1. The summed E-state index contributed by atoms with van der Waals surface area (Å²) in [5.41, 5.74) is 0.804. The molecule has 0 saturated heterocycles. The van der Waals surface area contributed by atoms with Gasteiger partial charge in [-0.05, 0) is 52.0 Å². The minimum Gasteiger partial charge on any atom is -0.456 e. The number of hydrogen-bond donors (Lipinski definition) is 1. The number of carbonyl (C=O) groups excluding carboxylic acids is 2. The third kappa shape index (κ3) is 4.99. The third-order valence-electron chi connectivity index (χ3n) is 2.06. The van der Waals surface area contributed by atoms with Crippen molar-refractivity contribution >= 4 is 17.4 Å². The summed E-state index contributed by atoms with van der Waals surface area (Å²) < 4.78 is 5.25. The molecule has 0 fully saturated rings. The van der Waals surface area contributed by atoms with Crippen LogP contribution in [0.3, 0.4) is 0 Å². The molecule has 0 spiro atoms. The van der Waals surface area contributed by atoms with Crippen molar-refractivity contribution in [2.75, 3.05) is 11.9 Å². The van der Waals surface area contributed by atoms with Crippen LogP contribution in [0.25, 0.3) is 0 Å². The molecular formula is C14H19NO3. The fraction of sp³-hybridized carbons (Fsp3) is 0.429. The van der Waals surface area contributed by atoms with Gasteiger partial charge in [-0.2, -0.15) is 0 Å². The molecule has 0 atom stereocenters. The summed E-state index contributed by atoms with van der Waals surface area (Å²) in [5, 5.41) is 2.96. The lowest BCUT2D eigenvalue weighted by Gasteiger charge is -2.19. The molecule has 4 heteroatoms. The van der Waals surface area contributed by atoms with Crippen LogP contribution in [-0.2, 0) is 9.53 Å². The van der Waals surface area contributed by atoms with Gasteiger partial charge in [0, 0.05) is 5.69 Å². The van der Waals surface area contributed by atoms with E-state index in [4.69, 9.17) is 4.74 Å². The molecule has 0 unspecified atom stereocenters. The summed E-state index contributed by atoms with van der Waals surface area (Å²) >= 11 is 0. The molecule has 1 aromatic carbocycles. The maximum absolute atomic E-state index is 11.7. The van der Waals surface area contributed by atoms with E-state index in [9.17, 15) is 9.59 Å². The molecule has 0 aliphatic heterocycles. The third-order valence-corrected chi connectivity index (χ3v) is 2.06. The number of rotatable bonds is 4. The Bertz CT molecular complexity index is 429. The van der Waals surface area contributed by atoms with Gasteiger partial charge < -0.3 is 10.1 Å². The normalized spacial score (nSPS) is 10.9. The average Bonchev–Trinajstić information content (AvgIpc) is 2.24. The summed E-state index contributed by atoms with van der Waals surface area (Å²) in [6.07, 6.45) is 0. The lowest BCUT2D eigenvalue weighted by molar-refractivity contribution is -0.115. The fourth-order valence-corrected chi connectivity index (χ4v) is 1.29. The maximum Gasteiger partial charge on any atom is 0.338 e. The summed E-state index contributed by atoms with van der Waals surface area (Å²) in [6.45, 7) is 7.28. The van der Waals surface area contributed by atoms with Crippen molar-refractivity contribution < 1.29 is 14.3 Å². The highest BCUT2D eigenvalue weighted by Gasteiger charge is 2.17. The van der Waals surface area contributed by atoms with Crippen LogP contribution in [0.5, 0.6) is 0 Å². The quantitative estimate of drug-likeness (QED) is 0.833. The molecule has 0 saturated carbocycles. The van der Waals surface area contributed by atoms with E-state index in [1.54, 1.807) is 24.3 Å². The first-order valence-corrected chi connectivity index (χ1v) is 5.84. The van der Waals surface area contributed by atoms with Gasteiger partial charge in [0.15, 0.2) is 0 Å². The molecule has 1 N–H and O–H groups in total. The van der Waals surface area contributed by atoms with Crippen molar-refractivity contribution in [2.45, 2.75) is 33.3 Å². The van der Waals surface area contributed by atoms with Gasteiger partial charge in [0.1, 0.15) is 11.4 Å². The van der Waals surface area contributed by atoms with Crippen molar-refractivity contribution in [3.63, 3.8) is 0 Å². The van der Waals surface area contributed by atoms with Gasteiger partial charge in [-0.1, -0.05) is 0 Å². The van der Waals surface area contributed by atoms with E-state index in [-0.39, 0.29) is 18.3 Å². The summed E-state index contributed by atoms with van der Waals surface area (Å²) in [6, 6.07) is 6.86. The second-order valence-electron chi connectivity index (χ2n) is 5.13. The van der Waals surface area contributed by atoms with Gasteiger partial charge >= 0.3 is 5.97 Å². The number of nitrogens with one attached hydrogen (secondary N) is 1. The first-order valence-electron chi connectivity index (χ1n) is 5.84. The van der Waals surface area contributed by atoms with Crippen molar-refractivity contribution in [3.05, 3.63) is 29.8 Å². The van der Waals surface area contributed by atoms with E-state index in [1.165, 1.54) is 6.92 Å². The van der Waals surface area contributed by atoms with E-state index < -0.39 is 5.60 Å². The van der Waals surface area contributed by atoms with Crippen LogP contribution in [0.4, 0.5) is 5.69 Å². The van der Waals surface area contributed by atoms with Gasteiger partial charge in [-0.3, -0.25) is 4.79 Å². The first kappa shape index (κ1) is 14.2. The largest absolute Gasteiger partial charge is 0.456 e. The zero-order chi connectivity index (χ0) is 13.8. The number of anilines is 1. The maximum atomic E-state index is 11.7. The van der Waals surface area contributed by atoms with Gasteiger partial charge in [0.05, 0.1) is 12.1 Å². The minimum absolute atomic E-state index is 0.0613. The molecule has 98 valence electrons. The Morgan fingerprint density at radius 2 is 1.72 bits per heavy atom. The first-order chi connectivity index (χ1) is 8.28. The summed E-state index contributed by atoms with van der Waals surface area (Å²) in [4.78, 5) is 22.6. The smallest absolute Gasteiger partial charge is 0.338 e. The van der Waals surface area contributed by atoms with Gasteiger partial charge in [0.25, 0.3) is 0 Å². The predicted octanol–water partition coefficient (Wildman–Crippen LogP) is 2.64. The Labute approximate surface area is 107 Å². The second-order valence-corrected chi connectivity index (χ2v) is 5.13. The topological polar surface area (TPSA) is 55.4 Å². The molecule has 0 bridgehead atoms. The molecule has 0 aliphatic carbocycles. The number of Topliss-reactive ketones (excluding diaryl/α,β-unsaturated/α-hetero) is 1. The Hall–Kier alpha value is -1.84. The molecule has 0 amide bonds. The Kier molecular flexibility index (Phi) is 4.48.